The van der Waals surface area contributed by atoms with E-state index in [9.17, 15) is 4.79 Å². The normalized spacial score (nSPS) is 16.5. The Morgan fingerprint density at radius 1 is 1.32 bits per heavy atom. The van der Waals surface area contributed by atoms with Gasteiger partial charge >= 0.3 is 6.09 Å². The second kappa shape index (κ2) is 8.73. The molecule has 1 saturated heterocycles. The van der Waals surface area contributed by atoms with E-state index in [1.54, 1.807) is 23.5 Å². The van der Waals surface area contributed by atoms with Crippen LogP contribution in [0.1, 0.15) is 34.1 Å². The van der Waals surface area contributed by atoms with Gasteiger partial charge in [0, 0.05) is 0 Å². The van der Waals surface area contributed by atoms with Crippen LogP contribution in [-0.2, 0) is 4.74 Å². The molecule has 22 heavy (non-hydrogen) atoms. The van der Waals surface area contributed by atoms with Crippen LogP contribution in [0.25, 0.3) is 0 Å². The number of alkyl carbamates (subject to hydrolysis) is 1. The van der Waals surface area contributed by atoms with Gasteiger partial charge in [-0.2, -0.15) is 0 Å². The predicted molar refractivity (Wildman–Crippen MR) is 98.4 cm³/mol. The van der Waals surface area contributed by atoms with Crippen molar-refractivity contribution in [3.63, 3.8) is 0 Å². The Balaban J connectivity index is 2.76. The SMILES string of the molecule is CC(NC(=O)OC(C)(C)C)C(NNC(N)=S)=C1SCCCS1. The van der Waals surface area contributed by atoms with E-state index in [1.165, 1.54) is 6.42 Å². The summed E-state index contributed by atoms with van der Waals surface area (Å²) in [4.78, 5) is 11.9. The zero-order valence-corrected chi connectivity index (χ0v) is 15.8. The van der Waals surface area contributed by atoms with Crippen molar-refractivity contribution in [1.82, 2.24) is 16.2 Å². The van der Waals surface area contributed by atoms with E-state index in [2.05, 4.69) is 16.2 Å². The number of nitrogens with one attached hydrogen (secondary N) is 3. The largest absolute Gasteiger partial charge is 0.444 e. The summed E-state index contributed by atoms with van der Waals surface area (Å²) in [6, 6.07) is -0.259. The van der Waals surface area contributed by atoms with E-state index >= 15 is 0 Å². The molecule has 5 N–H and O–H groups in total. The molecule has 0 saturated carbocycles. The van der Waals surface area contributed by atoms with Crippen molar-refractivity contribution in [2.75, 3.05) is 11.5 Å². The highest BCUT2D eigenvalue weighted by molar-refractivity contribution is 8.22. The Morgan fingerprint density at radius 2 is 1.91 bits per heavy atom. The van der Waals surface area contributed by atoms with Crippen molar-refractivity contribution < 1.29 is 9.53 Å². The van der Waals surface area contributed by atoms with Crippen LogP contribution in [0.2, 0.25) is 0 Å². The van der Waals surface area contributed by atoms with Gasteiger partial charge in [0.1, 0.15) is 5.60 Å². The number of thioether (sulfide) groups is 2. The van der Waals surface area contributed by atoms with Gasteiger partial charge in [0.15, 0.2) is 5.11 Å². The number of hydrogen-bond donors (Lipinski definition) is 4. The first kappa shape index (κ1) is 19.2. The van der Waals surface area contributed by atoms with Crippen LogP contribution < -0.4 is 21.9 Å². The summed E-state index contributed by atoms with van der Waals surface area (Å²) in [6.07, 6.45) is 0.712. The van der Waals surface area contributed by atoms with Gasteiger partial charge in [-0.15, -0.1) is 23.5 Å². The first-order chi connectivity index (χ1) is 10.2. The van der Waals surface area contributed by atoms with Crippen LogP contribution in [-0.4, -0.2) is 34.4 Å². The van der Waals surface area contributed by atoms with Gasteiger partial charge in [-0.05, 0) is 57.8 Å². The molecule has 1 fully saturated rings. The minimum atomic E-state index is -0.532. The molecule has 1 aliphatic heterocycles. The van der Waals surface area contributed by atoms with Crippen molar-refractivity contribution in [2.24, 2.45) is 5.73 Å². The summed E-state index contributed by atoms with van der Waals surface area (Å²) in [5.74, 6) is 2.11. The van der Waals surface area contributed by atoms with E-state index in [0.29, 0.717) is 0 Å². The minimum absolute atomic E-state index is 0.147. The highest BCUT2D eigenvalue weighted by Gasteiger charge is 2.22. The van der Waals surface area contributed by atoms with Crippen LogP contribution in [0, 0.1) is 0 Å². The molecule has 0 spiro atoms. The number of hydrazine groups is 1. The fourth-order valence-electron chi connectivity index (χ4n) is 1.61. The standard InChI is InChI=1S/C13H24N4O2S3/c1-8(15-12(18)19-13(2,3)4)9(16-17-11(14)20)10-21-6-5-7-22-10/h8,16H,5-7H2,1-4H3,(H,15,18)(H3,14,17,20). The Bertz CT molecular complexity index is 441. The molecule has 0 radical (unpaired) electrons. The van der Waals surface area contributed by atoms with Gasteiger partial charge < -0.3 is 15.8 Å². The maximum Gasteiger partial charge on any atom is 0.408 e. The molecule has 0 aromatic rings. The molecule has 0 aromatic carbocycles. The van der Waals surface area contributed by atoms with Gasteiger partial charge in [0.05, 0.1) is 16.0 Å². The lowest BCUT2D eigenvalue weighted by atomic mass is 10.2. The fraction of sp³-hybridized carbons (Fsp3) is 0.692. The third-order valence-electron chi connectivity index (χ3n) is 2.46. The number of hydrogen-bond acceptors (Lipinski definition) is 6. The topological polar surface area (TPSA) is 88.4 Å². The van der Waals surface area contributed by atoms with E-state index in [4.69, 9.17) is 22.7 Å². The van der Waals surface area contributed by atoms with E-state index in [-0.39, 0.29) is 11.2 Å². The maximum atomic E-state index is 11.9. The number of carbonyl (C=O) groups is 1. The number of carbonyl (C=O) groups excluding carboxylic acids is 1. The molecule has 126 valence electrons. The number of nitrogens with two attached hydrogens (primary N) is 1. The van der Waals surface area contributed by atoms with Crippen LogP contribution in [0.4, 0.5) is 4.79 Å². The van der Waals surface area contributed by atoms with Gasteiger partial charge in [-0.3, -0.25) is 10.9 Å². The minimum Gasteiger partial charge on any atom is -0.444 e. The van der Waals surface area contributed by atoms with Crippen LogP contribution in [0.5, 0.6) is 0 Å². The fourth-order valence-corrected chi connectivity index (χ4v) is 4.39. The van der Waals surface area contributed by atoms with Gasteiger partial charge in [-0.1, -0.05) is 0 Å². The summed E-state index contributed by atoms with van der Waals surface area (Å²) >= 11 is 8.33. The number of ether oxygens (including phenoxy) is 1. The van der Waals surface area contributed by atoms with Gasteiger partial charge in [0.25, 0.3) is 0 Å². The van der Waals surface area contributed by atoms with Crippen molar-refractivity contribution in [2.45, 2.75) is 45.8 Å². The second-order valence-electron chi connectivity index (χ2n) is 5.73. The van der Waals surface area contributed by atoms with Crippen molar-refractivity contribution in [3.05, 3.63) is 9.93 Å². The average molecular weight is 365 g/mol. The lowest BCUT2D eigenvalue weighted by molar-refractivity contribution is 0.0514. The Hall–Kier alpha value is -0.800. The molecule has 1 unspecified atom stereocenters. The zero-order valence-electron chi connectivity index (χ0n) is 13.3. The van der Waals surface area contributed by atoms with Gasteiger partial charge in [-0.25, -0.2) is 4.79 Å². The van der Waals surface area contributed by atoms with Gasteiger partial charge in [0.2, 0.25) is 0 Å². The molecule has 1 atom stereocenters. The number of rotatable bonds is 4. The van der Waals surface area contributed by atoms with Crippen LogP contribution in [0.15, 0.2) is 9.93 Å². The number of amides is 1. The van der Waals surface area contributed by atoms with Crippen LogP contribution in [0.3, 0.4) is 0 Å². The lowest BCUT2D eigenvalue weighted by Gasteiger charge is -2.26. The molecule has 1 heterocycles. The molecule has 1 aliphatic rings. The highest BCUT2D eigenvalue weighted by Crippen LogP contribution is 2.37. The van der Waals surface area contributed by atoms with E-state index in [1.807, 2.05) is 27.7 Å². The highest BCUT2D eigenvalue weighted by atomic mass is 32.2. The third kappa shape index (κ3) is 7.46. The third-order valence-corrected chi connectivity index (χ3v) is 5.22. The Morgan fingerprint density at radius 3 is 2.41 bits per heavy atom. The smallest absolute Gasteiger partial charge is 0.408 e. The average Bonchev–Trinajstić information content (AvgIpc) is 2.37. The first-order valence-electron chi connectivity index (χ1n) is 7.00. The molecule has 0 aliphatic carbocycles. The monoisotopic (exact) mass is 364 g/mol. The molecular weight excluding hydrogens is 340 g/mol. The molecular formula is C13H24N4O2S3. The Kier molecular flexibility index (Phi) is 7.64. The first-order valence-corrected chi connectivity index (χ1v) is 9.37. The van der Waals surface area contributed by atoms with Crippen molar-refractivity contribution >= 4 is 46.9 Å². The maximum absolute atomic E-state index is 11.9. The zero-order chi connectivity index (χ0) is 16.8. The molecule has 6 nitrogen and oxygen atoms in total. The van der Waals surface area contributed by atoms with E-state index < -0.39 is 11.7 Å². The molecule has 1 amide bonds. The predicted octanol–water partition coefficient (Wildman–Crippen LogP) is 2.28. The summed E-state index contributed by atoms with van der Waals surface area (Å²) < 4.78 is 6.41. The molecule has 0 aromatic heterocycles. The molecule has 9 heteroatoms. The Labute approximate surface area is 145 Å². The molecule has 0 bridgehead atoms. The molecule has 1 rings (SSSR count). The van der Waals surface area contributed by atoms with Crippen molar-refractivity contribution in [1.29, 1.82) is 0 Å². The summed E-state index contributed by atoms with van der Waals surface area (Å²) in [5.41, 5.74) is 11.5. The van der Waals surface area contributed by atoms with Crippen LogP contribution >= 0.6 is 35.7 Å². The van der Waals surface area contributed by atoms with E-state index in [0.717, 1.165) is 21.4 Å². The second-order valence-corrected chi connectivity index (χ2v) is 8.64. The quantitative estimate of drug-likeness (QED) is 0.446. The summed E-state index contributed by atoms with van der Waals surface area (Å²) in [5, 5.41) is 2.97. The summed E-state index contributed by atoms with van der Waals surface area (Å²) in [7, 11) is 0. The summed E-state index contributed by atoms with van der Waals surface area (Å²) in [6.45, 7) is 7.37. The number of thiocarbonyl (C=S) groups is 1. The lowest BCUT2D eigenvalue weighted by Crippen LogP contribution is -2.47. The van der Waals surface area contributed by atoms with Crippen molar-refractivity contribution in [3.8, 4) is 0 Å².